The van der Waals surface area contributed by atoms with Crippen molar-refractivity contribution in [2.45, 2.75) is 13.8 Å². The molecule has 2 heterocycles. The molecule has 2 aromatic carbocycles. The van der Waals surface area contributed by atoms with Crippen molar-refractivity contribution in [3.8, 4) is 17.1 Å². The molecule has 0 saturated carbocycles. The summed E-state index contributed by atoms with van der Waals surface area (Å²) in [6, 6.07) is 13.4. The van der Waals surface area contributed by atoms with Crippen LogP contribution in [0.3, 0.4) is 0 Å². The topological polar surface area (TPSA) is 48.5 Å². The summed E-state index contributed by atoms with van der Waals surface area (Å²) in [6.45, 7) is 4.20. The van der Waals surface area contributed by atoms with Crippen LogP contribution in [0, 0.1) is 19.9 Å². The Morgan fingerprint density at radius 2 is 1.79 bits per heavy atom. The van der Waals surface area contributed by atoms with E-state index in [1.54, 1.807) is 6.33 Å². The smallest absolute Gasteiger partial charge is 0.114 e. The molecule has 5 nitrogen and oxygen atoms in total. The Labute approximate surface area is 153 Å². The molecule has 123 valence electrons. The van der Waals surface area contributed by atoms with E-state index < -0.39 is 0 Å². The van der Waals surface area contributed by atoms with Crippen molar-refractivity contribution in [2.75, 3.05) is 0 Å². The molecule has 4 rings (SSSR count). The van der Waals surface area contributed by atoms with Crippen LogP contribution in [0.5, 0.6) is 0 Å². The molecule has 0 aliphatic carbocycles. The number of hydrogen-bond acceptors (Lipinski definition) is 3. The second-order valence-electron chi connectivity index (χ2n) is 5.71. The van der Waals surface area contributed by atoms with Crippen molar-refractivity contribution in [1.29, 1.82) is 0 Å². The van der Waals surface area contributed by atoms with Crippen molar-refractivity contribution < 1.29 is 20.1 Å². The average Bonchev–Trinajstić information content (AvgIpc) is 3.15. The predicted molar refractivity (Wildman–Crippen MR) is 89.4 cm³/mol. The Morgan fingerprint density at radius 1 is 1.04 bits per heavy atom. The number of aryl methyl sites for hydroxylation is 3. The third kappa shape index (κ3) is 2.48. The van der Waals surface area contributed by atoms with Crippen LogP contribution in [0.15, 0.2) is 43.0 Å². The Kier molecular flexibility index (Phi) is 4.35. The Bertz CT molecular complexity index is 995. The van der Waals surface area contributed by atoms with Crippen LogP contribution in [-0.4, -0.2) is 24.3 Å². The molecule has 0 N–H and O–H groups in total. The van der Waals surface area contributed by atoms with E-state index in [-0.39, 0.29) is 20.1 Å². The Morgan fingerprint density at radius 3 is 2.54 bits per heavy atom. The minimum absolute atomic E-state index is 0. The number of para-hydroxylation sites is 1. The summed E-state index contributed by atoms with van der Waals surface area (Å²) in [7, 11) is 1.98. The van der Waals surface area contributed by atoms with Crippen LogP contribution >= 0.6 is 0 Å². The number of fused-ring (bicyclic) bond motifs is 1. The molecule has 6 heteroatoms. The zero-order valence-corrected chi connectivity index (χ0v) is 16.0. The van der Waals surface area contributed by atoms with E-state index in [9.17, 15) is 0 Å². The summed E-state index contributed by atoms with van der Waals surface area (Å²) in [5.41, 5.74) is 6.32. The summed E-state index contributed by atoms with van der Waals surface area (Å²) in [6.07, 6.45) is 3.56. The van der Waals surface area contributed by atoms with Gasteiger partial charge < -0.3 is 9.13 Å². The van der Waals surface area contributed by atoms with Gasteiger partial charge in [0.2, 0.25) is 0 Å². The monoisotopic (exact) mass is 495 g/mol. The van der Waals surface area contributed by atoms with Crippen molar-refractivity contribution in [1.82, 2.24) is 24.3 Å². The number of rotatable bonds is 2. The summed E-state index contributed by atoms with van der Waals surface area (Å²) in [5.74, 6) is 0.775. The van der Waals surface area contributed by atoms with E-state index in [0.29, 0.717) is 0 Å². The van der Waals surface area contributed by atoms with Crippen LogP contribution in [-0.2, 0) is 27.2 Å². The van der Waals surface area contributed by atoms with E-state index in [0.717, 1.165) is 28.1 Å². The molecule has 0 aliphatic rings. The van der Waals surface area contributed by atoms with Crippen LogP contribution in [0.1, 0.15) is 11.1 Å². The third-order valence-corrected chi connectivity index (χ3v) is 4.12. The van der Waals surface area contributed by atoms with Gasteiger partial charge in [-0.25, -0.2) is 0 Å². The molecule has 24 heavy (non-hydrogen) atoms. The maximum absolute atomic E-state index is 4.41. The first-order valence-electron chi connectivity index (χ1n) is 7.45. The maximum Gasteiger partial charge on any atom is 0.114 e. The molecule has 0 atom stereocenters. The fraction of sp³-hybridized carbons (Fsp3) is 0.167. The fourth-order valence-corrected chi connectivity index (χ4v) is 3.07. The second kappa shape index (κ2) is 6.30. The van der Waals surface area contributed by atoms with Crippen molar-refractivity contribution in [3.63, 3.8) is 0 Å². The van der Waals surface area contributed by atoms with Gasteiger partial charge in [-0.05, 0) is 30.5 Å². The van der Waals surface area contributed by atoms with Gasteiger partial charge in [-0.1, -0.05) is 23.8 Å². The Balaban J connectivity index is 0.00000169. The van der Waals surface area contributed by atoms with Gasteiger partial charge in [0.1, 0.15) is 6.33 Å². The first kappa shape index (κ1) is 16.6. The van der Waals surface area contributed by atoms with Crippen molar-refractivity contribution >= 4 is 11.0 Å². The van der Waals surface area contributed by atoms with Gasteiger partial charge in [-0.2, -0.15) is 5.10 Å². The van der Waals surface area contributed by atoms with E-state index in [1.165, 1.54) is 11.1 Å². The van der Waals surface area contributed by atoms with E-state index in [2.05, 4.69) is 53.3 Å². The molecule has 0 spiro atoms. The molecule has 1 radical (unpaired) electrons. The number of nitrogens with zero attached hydrogens (tertiary/aromatic N) is 5. The zero-order valence-electron chi connectivity index (χ0n) is 13.6. The SMILES string of the molecule is Cc1cccc(C)c1-n1cnnc1-c1[c-]ccc2ncn(C)c12.[Ir]. The van der Waals surface area contributed by atoms with Gasteiger partial charge in [-0.3, -0.25) is 4.98 Å². The van der Waals surface area contributed by atoms with Gasteiger partial charge >= 0.3 is 0 Å². The van der Waals surface area contributed by atoms with Gasteiger partial charge in [0.05, 0.1) is 12.2 Å². The quantitative estimate of drug-likeness (QED) is 0.402. The first-order valence-corrected chi connectivity index (χ1v) is 7.45. The normalized spacial score (nSPS) is 10.8. The Hall–Kier alpha value is -2.30. The van der Waals surface area contributed by atoms with Crippen LogP contribution < -0.4 is 0 Å². The van der Waals surface area contributed by atoms with Gasteiger partial charge in [0.15, 0.2) is 0 Å². The number of aromatic nitrogens is 5. The molecule has 0 unspecified atom stereocenters. The number of hydrogen-bond donors (Lipinski definition) is 0. The maximum atomic E-state index is 4.41. The van der Waals surface area contributed by atoms with Crippen LogP contribution in [0.2, 0.25) is 0 Å². The molecule has 0 fully saturated rings. The van der Waals surface area contributed by atoms with Crippen molar-refractivity contribution in [2.24, 2.45) is 7.05 Å². The van der Waals surface area contributed by atoms with Gasteiger partial charge in [-0.15, -0.1) is 23.3 Å². The van der Waals surface area contributed by atoms with Crippen LogP contribution in [0.25, 0.3) is 28.1 Å². The zero-order chi connectivity index (χ0) is 16.0. The summed E-state index contributed by atoms with van der Waals surface area (Å²) in [5, 5.41) is 8.50. The van der Waals surface area contributed by atoms with E-state index >= 15 is 0 Å². The standard InChI is InChI=1S/C18H16N5.Ir/c1-12-6-4-7-13(2)16(12)23-11-20-21-18(23)14-8-5-9-15-17(14)22(3)10-19-15;/h4-7,9-11H,1-3H3;/q-1;. The third-order valence-electron chi connectivity index (χ3n) is 4.12. The van der Waals surface area contributed by atoms with E-state index in [4.69, 9.17) is 0 Å². The van der Waals surface area contributed by atoms with Crippen molar-refractivity contribution in [3.05, 3.63) is 60.2 Å². The number of imidazole rings is 1. The molecular formula is C18H16IrN5-. The molecular weight excluding hydrogens is 478 g/mol. The molecule has 0 amide bonds. The number of benzene rings is 2. The minimum Gasteiger partial charge on any atom is -0.373 e. The fourth-order valence-electron chi connectivity index (χ4n) is 3.07. The first-order chi connectivity index (χ1) is 11.2. The molecule has 2 aromatic heterocycles. The minimum atomic E-state index is 0. The van der Waals surface area contributed by atoms with Crippen LogP contribution in [0.4, 0.5) is 0 Å². The van der Waals surface area contributed by atoms with Gasteiger partial charge in [0.25, 0.3) is 0 Å². The summed E-state index contributed by atoms with van der Waals surface area (Å²) < 4.78 is 4.02. The molecule has 0 aliphatic heterocycles. The predicted octanol–water partition coefficient (Wildman–Crippen LogP) is 3.24. The second-order valence-corrected chi connectivity index (χ2v) is 5.71. The average molecular weight is 495 g/mol. The molecule has 0 saturated heterocycles. The molecule has 0 bridgehead atoms. The van der Waals surface area contributed by atoms with Gasteiger partial charge in [0, 0.05) is 38.4 Å². The molecule has 4 aromatic rings. The summed E-state index contributed by atoms with van der Waals surface area (Å²) in [4.78, 5) is 4.41. The van der Waals surface area contributed by atoms with E-state index in [1.807, 2.05) is 34.6 Å². The largest absolute Gasteiger partial charge is 0.373 e. The summed E-state index contributed by atoms with van der Waals surface area (Å²) >= 11 is 0.